The number of carbonyl (C=O) groups is 1. The molecule has 15 heavy (non-hydrogen) atoms. The first-order valence-corrected chi connectivity index (χ1v) is 6.76. The Morgan fingerprint density at radius 2 is 2.00 bits per heavy atom. The summed E-state index contributed by atoms with van der Waals surface area (Å²) in [5, 5.41) is 0. The van der Waals surface area contributed by atoms with Gasteiger partial charge in [-0.1, -0.05) is 6.42 Å². The monoisotopic (exact) mass is 238 g/mol. The first kappa shape index (κ1) is 12.8. The molecule has 1 N–H and O–H groups in total. The summed E-state index contributed by atoms with van der Waals surface area (Å²) in [6.07, 6.45) is 1.83. The second kappa shape index (κ2) is 4.73. The van der Waals surface area contributed by atoms with Crippen molar-refractivity contribution in [3.8, 4) is 0 Å². The molecule has 4 nitrogen and oxygen atoms in total. The van der Waals surface area contributed by atoms with Crippen LogP contribution in [0.4, 0.5) is 4.39 Å². The molecule has 1 fully saturated rings. The van der Waals surface area contributed by atoms with Crippen LogP contribution in [0, 0.1) is 0 Å². The van der Waals surface area contributed by atoms with E-state index in [9.17, 15) is 13.8 Å². The van der Waals surface area contributed by atoms with Crippen LogP contribution in [0.1, 0.15) is 32.1 Å². The predicted molar refractivity (Wildman–Crippen MR) is 53.6 cm³/mol. The zero-order chi connectivity index (χ0) is 11.5. The first-order valence-electron chi connectivity index (χ1n) is 4.99. The second-order valence-electron chi connectivity index (χ2n) is 3.93. The summed E-state index contributed by atoms with van der Waals surface area (Å²) in [6, 6.07) is 0. The van der Waals surface area contributed by atoms with E-state index >= 15 is 0 Å². The quantitative estimate of drug-likeness (QED) is 0.761. The molecule has 0 amide bonds. The molecule has 1 aliphatic carbocycles. The molecule has 0 saturated heterocycles. The molecule has 1 unspecified atom stereocenters. The van der Waals surface area contributed by atoms with Gasteiger partial charge in [0, 0.05) is 7.11 Å². The highest BCUT2D eigenvalue weighted by atomic mass is 31.2. The van der Waals surface area contributed by atoms with E-state index in [-0.39, 0.29) is 12.8 Å². The lowest BCUT2D eigenvalue weighted by atomic mass is 9.84. The maximum Gasteiger partial charge on any atom is 0.335 e. The number of ketones is 1. The molecule has 0 spiro atoms. The van der Waals surface area contributed by atoms with Crippen LogP contribution in [0.15, 0.2) is 0 Å². The Balaban J connectivity index is 2.63. The molecule has 0 aromatic heterocycles. The molecule has 1 aliphatic rings. The van der Waals surface area contributed by atoms with Crippen molar-refractivity contribution < 1.29 is 23.2 Å². The lowest BCUT2D eigenvalue weighted by Gasteiger charge is -2.28. The lowest BCUT2D eigenvalue weighted by Crippen LogP contribution is -2.38. The van der Waals surface area contributed by atoms with Crippen molar-refractivity contribution in [2.24, 2.45) is 0 Å². The molecule has 1 saturated carbocycles. The van der Waals surface area contributed by atoms with Gasteiger partial charge in [-0.2, -0.15) is 0 Å². The number of Topliss-reactive ketones (excluding diaryl/α,β-unsaturated/α-hetero) is 1. The fraction of sp³-hybridized carbons (Fsp3) is 0.889. The molecule has 0 bridgehead atoms. The van der Waals surface area contributed by atoms with Crippen LogP contribution in [0.25, 0.3) is 0 Å². The summed E-state index contributed by atoms with van der Waals surface area (Å²) < 4.78 is 29.4. The number of rotatable bonds is 4. The van der Waals surface area contributed by atoms with Crippen molar-refractivity contribution in [3.63, 3.8) is 0 Å². The van der Waals surface area contributed by atoms with Gasteiger partial charge in [0.25, 0.3) is 0 Å². The Labute approximate surface area is 88.4 Å². The maximum absolute atomic E-state index is 14.0. The van der Waals surface area contributed by atoms with Gasteiger partial charge in [0.15, 0.2) is 11.5 Å². The van der Waals surface area contributed by atoms with E-state index in [1.165, 1.54) is 0 Å². The molecule has 1 atom stereocenters. The fourth-order valence-electron chi connectivity index (χ4n) is 1.78. The average Bonchev–Trinajstić information content (AvgIpc) is 2.18. The zero-order valence-electron chi connectivity index (χ0n) is 8.74. The Hall–Kier alpha value is -0.250. The number of alkyl halides is 1. The third-order valence-corrected chi connectivity index (χ3v) is 4.03. The van der Waals surface area contributed by atoms with Gasteiger partial charge in [0.05, 0.1) is 0 Å². The molecule has 0 aromatic rings. The molecule has 0 aliphatic heterocycles. The van der Waals surface area contributed by atoms with E-state index in [1.54, 1.807) is 0 Å². The normalized spacial score (nSPS) is 24.5. The van der Waals surface area contributed by atoms with Gasteiger partial charge < -0.3 is 9.42 Å². The topological polar surface area (TPSA) is 63.6 Å². The summed E-state index contributed by atoms with van der Waals surface area (Å²) in [4.78, 5) is 20.6. The highest BCUT2D eigenvalue weighted by Gasteiger charge is 2.42. The van der Waals surface area contributed by atoms with Crippen molar-refractivity contribution >= 4 is 13.4 Å². The Bertz CT molecular complexity index is 286. The van der Waals surface area contributed by atoms with E-state index in [0.717, 1.165) is 13.5 Å². The summed E-state index contributed by atoms with van der Waals surface area (Å²) in [7, 11) is -2.89. The third-order valence-electron chi connectivity index (χ3n) is 2.77. The van der Waals surface area contributed by atoms with Gasteiger partial charge in [-0.3, -0.25) is 9.36 Å². The van der Waals surface area contributed by atoms with E-state index in [1.807, 2.05) is 0 Å². The van der Waals surface area contributed by atoms with E-state index in [4.69, 9.17) is 4.89 Å². The van der Waals surface area contributed by atoms with Crippen molar-refractivity contribution in [2.45, 2.75) is 37.8 Å². The average molecular weight is 238 g/mol. The number of hydrogen-bond acceptors (Lipinski definition) is 3. The van der Waals surface area contributed by atoms with Gasteiger partial charge in [-0.15, -0.1) is 0 Å². The van der Waals surface area contributed by atoms with Crippen LogP contribution in [-0.4, -0.2) is 29.6 Å². The van der Waals surface area contributed by atoms with Gasteiger partial charge in [0.1, 0.15) is 6.16 Å². The van der Waals surface area contributed by atoms with Crippen molar-refractivity contribution in [1.82, 2.24) is 0 Å². The summed E-state index contributed by atoms with van der Waals surface area (Å²) in [5.41, 5.74) is -1.91. The van der Waals surface area contributed by atoms with Crippen LogP contribution in [-0.2, 0) is 13.9 Å². The maximum atomic E-state index is 14.0. The van der Waals surface area contributed by atoms with Gasteiger partial charge in [-0.25, -0.2) is 4.39 Å². The second-order valence-corrected chi connectivity index (χ2v) is 5.88. The Morgan fingerprint density at radius 3 is 2.47 bits per heavy atom. The molecular weight excluding hydrogens is 222 g/mol. The van der Waals surface area contributed by atoms with E-state index in [2.05, 4.69) is 4.52 Å². The number of halogens is 1. The van der Waals surface area contributed by atoms with Crippen molar-refractivity contribution in [1.29, 1.82) is 0 Å². The van der Waals surface area contributed by atoms with Crippen LogP contribution in [0.5, 0.6) is 0 Å². The number of hydrogen-bond donors (Lipinski definition) is 1. The molecule has 1 rings (SSSR count). The van der Waals surface area contributed by atoms with Gasteiger partial charge >= 0.3 is 7.60 Å². The molecule has 88 valence electrons. The van der Waals surface area contributed by atoms with Crippen molar-refractivity contribution in [3.05, 3.63) is 0 Å². The minimum atomic E-state index is -3.93. The summed E-state index contributed by atoms with van der Waals surface area (Å²) in [6.45, 7) is 0. The Morgan fingerprint density at radius 1 is 1.47 bits per heavy atom. The SMILES string of the molecule is COP(=O)(O)CC(=O)C1(F)CCCCC1. The first-order chi connectivity index (χ1) is 6.90. The minimum Gasteiger partial charge on any atom is -0.324 e. The number of carbonyl (C=O) groups excluding carboxylic acids is 1. The highest BCUT2D eigenvalue weighted by molar-refractivity contribution is 7.53. The van der Waals surface area contributed by atoms with Crippen molar-refractivity contribution in [2.75, 3.05) is 13.3 Å². The van der Waals surface area contributed by atoms with Crippen LogP contribution < -0.4 is 0 Å². The predicted octanol–water partition coefficient (Wildman–Crippen LogP) is 2.06. The fourth-order valence-corrected chi connectivity index (χ4v) is 2.55. The zero-order valence-corrected chi connectivity index (χ0v) is 9.63. The molecule has 6 heteroatoms. The largest absolute Gasteiger partial charge is 0.335 e. The molecule has 0 heterocycles. The van der Waals surface area contributed by atoms with Crippen LogP contribution in [0.2, 0.25) is 0 Å². The minimum absolute atomic E-state index is 0.162. The molecule has 0 aromatic carbocycles. The van der Waals surface area contributed by atoms with Crippen LogP contribution in [0.3, 0.4) is 0 Å². The third kappa shape index (κ3) is 3.37. The standard InChI is InChI=1S/C9H16FO4P/c1-14-15(12,13)7-8(11)9(10)5-3-2-4-6-9/h2-7H2,1H3,(H,12,13). The summed E-state index contributed by atoms with van der Waals surface area (Å²) >= 11 is 0. The summed E-state index contributed by atoms with van der Waals surface area (Å²) in [5.74, 6) is -0.796. The van der Waals surface area contributed by atoms with E-state index < -0.39 is 25.2 Å². The highest BCUT2D eigenvalue weighted by Crippen LogP contribution is 2.44. The molecule has 0 radical (unpaired) electrons. The molecular formula is C9H16FO4P. The van der Waals surface area contributed by atoms with Gasteiger partial charge in [0.2, 0.25) is 0 Å². The van der Waals surface area contributed by atoms with Gasteiger partial charge in [-0.05, 0) is 25.7 Å². The van der Waals surface area contributed by atoms with Crippen LogP contribution >= 0.6 is 7.60 Å². The lowest BCUT2D eigenvalue weighted by molar-refractivity contribution is -0.130. The smallest absolute Gasteiger partial charge is 0.324 e. The Kier molecular flexibility index (Phi) is 4.04. The van der Waals surface area contributed by atoms with E-state index in [0.29, 0.717) is 12.8 Å².